The smallest absolute Gasteiger partial charge is 0.278 e. The Morgan fingerprint density at radius 3 is 2.50 bits per heavy atom. The molecule has 0 saturated carbocycles. The van der Waals surface area contributed by atoms with Crippen molar-refractivity contribution in [2.75, 3.05) is 49.5 Å². The van der Waals surface area contributed by atoms with Gasteiger partial charge < -0.3 is 20.6 Å². The maximum atomic E-state index is 13.4. The largest absolute Gasteiger partial charge is 0.384 e. The summed E-state index contributed by atoms with van der Waals surface area (Å²) in [5.41, 5.74) is 1.48. The van der Waals surface area contributed by atoms with Crippen molar-refractivity contribution in [3.63, 3.8) is 0 Å². The normalized spacial score (nSPS) is 21.2. The number of nitrogens with one attached hydrogen (secondary N) is 3. The van der Waals surface area contributed by atoms with E-state index in [1.54, 1.807) is 48.9 Å². The van der Waals surface area contributed by atoms with Gasteiger partial charge in [0.05, 0.1) is 12.2 Å². The van der Waals surface area contributed by atoms with E-state index in [2.05, 4.69) is 54.4 Å². The third-order valence-corrected chi connectivity index (χ3v) is 11.5. The van der Waals surface area contributed by atoms with E-state index in [1.807, 2.05) is 25.1 Å². The number of carbonyl (C=O) groups is 4. The molecule has 2 saturated heterocycles. The number of piperidine rings is 1. The van der Waals surface area contributed by atoms with E-state index in [1.165, 1.54) is 10.9 Å². The summed E-state index contributed by atoms with van der Waals surface area (Å²) in [6, 6.07) is 12.4. The SMILES string of the molecule is C=CCn1c(=O)c2cnc(Nc3ccc(N4CCN(CCCNC5(C)C=CC6=C(C5)C(=O)N(C5CCC(=O)NC5=O)C6=O)CC4)cc3)nc2n1-c1cccc(C(C)(C)O)n1. The van der Waals surface area contributed by atoms with E-state index >= 15 is 0 Å². The minimum atomic E-state index is -1.18. The van der Waals surface area contributed by atoms with Gasteiger partial charge in [0.25, 0.3) is 17.4 Å². The molecule has 17 nitrogen and oxygen atoms in total. The average Bonchev–Trinajstić information content (AvgIpc) is 3.63. The van der Waals surface area contributed by atoms with Gasteiger partial charge in [-0.3, -0.25) is 39.1 Å². The van der Waals surface area contributed by atoms with Gasteiger partial charge in [0.1, 0.15) is 17.0 Å². The molecule has 8 rings (SSSR count). The van der Waals surface area contributed by atoms with Crippen molar-refractivity contribution in [3.8, 4) is 5.82 Å². The first-order chi connectivity index (χ1) is 28.7. The molecule has 0 bridgehead atoms. The molecule has 0 spiro atoms. The molecule has 4 N–H and O–H groups in total. The van der Waals surface area contributed by atoms with Crippen LogP contribution in [0.2, 0.25) is 0 Å². The number of imide groups is 2. The molecule has 1 aromatic carbocycles. The molecule has 60 heavy (non-hydrogen) atoms. The number of aliphatic hydroxyl groups is 1. The Morgan fingerprint density at radius 2 is 1.78 bits per heavy atom. The molecule has 2 unspecified atom stereocenters. The van der Waals surface area contributed by atoms with Crippen LogP contribution in [0.15, 0.2) is 89.4 Å². The predicted octanol–water partition coefficient (Wildman–Crippen LogP) is 2.43. The van der Waals surface area contributed by atoms with Gasteiger partial charge >= 0.3 is 0 Å². The number of hydrogen-bond donors (Lipinski definition) is 4. The number of aromatic nitrogens is 5. The van der Waals surface area contributed by atoms with E-state index in [0.29, 0.717) is 46.1 Å². The quantitative estimate of drug-likeness (QED) is 0.0873. The lowest BCUT2D eigenvalue weighted by Crippen LogP contribution is -2.54. The first-order valence-electron chi connectivity index (χ1n) is 20.3. The van der Waals surface area contributed by atoms with E-state index < -0.39 is 40.8 Å². The molecular formula is C43H49N11O6. The minimum absolute atomic E-state index is 0.0887. The zero-order valence-electron chi connectivity index (χ0n) is 34.0. The molecule has 2 atom stereocenters. The summed E-state index contributed by atoms with van der Waals surface area (Å²) in [5.74, 6) is -1.19. The van der Waals surface area contributed by atoms with Gasteiger partial charge in [-0.2, -0.15) is 4.98 Å². The third-order valence-electron chi connectivity index (χ3n) is 11.5. The highest BCUT2D eigenvalue weighted by molar-refractivity contribution is 6.23. The third kappa shape index (κ3) is 7.90. The Labute approximate surface area is 346 Å². The molecule has 2 fully saturated rings. The molecule has 4 aliphatic rings. The van der Waals surface area contributed by atoms with Gasteiger partial charge in [-0.15, -0.1) is 6.58 Å². The Kier molecular flexibility index (Phi) is 10.8. The maximum Gasteiger partial charge on any atom is 0.278 e. The monoisotopic (exact) mass is 815 g/mol. The van der Waals surface area contributed by atoms with Crippen LogP contribution in [0.3, 0.4) is 0 Å². The van der Waals surface area contributed by atoms with Crippen LogP contribution in [0, 0.1) is 0 Å². The lowest BCUT2D eigenvalue weighted by atomic mass is 9.85. The maximum absolute atomic E-state index is 13.4. The van der Waals surface area contributed by atoms with Gasteiger partial charge in [-0.25, -0.2) is 19.3 Å². The van der Waals surface area contributed by atoms with Crippen LogP contribution in [0.4, 0.5) is 17.3 Å². The van der Waals surface area contributed by atoms with Crippen molar-refractivity contribution in [2.24, 2.45) is 0 Å². The number of fused-ring (bicyclic) bond motifs is 1. The van der Waals surface area contributed by atoms with Gasteiger partial charge in [0, 0.05) is 73.3 Å². The van der Waals surface area contributed by atoms with Crippen molar-refractivity contribution < 1.29 is 24.3 Å². The van der Waals surface area contributed by atoms with Crippen molar-refractivity contribution in [3.05, 3.63) is 101 Å². The lowest BCUT2D eigenvalue weighted by molar-refractivity contribution is -0.150. The number of carbonyl (C=O) groups excluding carboxylic acids is 4. The fourth-order valence-corrected chi connectivity index (χ4v) is 8.26. The summed E-state index contributed by atoms with van der Waals surface area (Å²) >= 11 is 0. The molecule has 3 aromatic heterocycles. The Bertz CT molecular complexity index is 2510. The Morgan fingerprint density at radius 1 is 1.02 bits per heavy atom. The van der Waals surface area contributed by atoms with Crippen molar-refractivity contribution in [1.29, 1.82) is 0 Å². The highest BCUT2D eigenvalue weighted by Crippen LogP contribution is 2.36. The summed E-state index contributed by atoms with van der Waals surface area (Å²) in [6.45, 7) is 14.6. The molecule has 17 heteroatoms. The summed E-state index contributed by atoms with van der Waals surface area (Å²) in [6.07, 6.45) is 8.22. The van der Waals surface area contributed by atoms with E-state index in [0.717, 1.165) is 62.0 Å². The highest BCUT2D eigenvalue weighted by Gasteiger charge is 2.47. The summed E-state index contributed by atoms with van der Waals surface area (Å²) < 4.78 is 3.12. The lowest BCUT2D eigenvalue weighted by Gasteiger charge is -2.36. The van der Waals surface area contributed by atoms with E-state index in [4.69, 9.17) is 4.98 Å². The van der Waals surface area contributed by atoms with Gasteiger partial charge in [-0.1, -0.05) is 24.3 Å². The van der Waals surface area contributed by atoms with Crippen LogP contribution in [-0.2, 0) is 31.3 Å². The molecule has 4 amide bonds. The number of amides is 4. The van der Waals surface area contributed by atoms with Crippen molar-refractivity contribution in [1.82, 2.24) is 44.7 Å². The zero-order chi connectivity index (χ0) is 42.3. The summed E-state index contributed by atoms with van der Waals surface area (Å²) in [7, 11) is 0. The minimum Gasteiger partial charge on any atom is -0.384 e. The van der Waals surface area contributed by atoms with Gasteiger partial charge in [0.2, 0.25) is 17.8 Å². The van der Waals surface area contributed by atoms with E-state index in [9.17, 15) is 29.1 Å². The predicted molar refractivity (Wildman–Crippen MR) is 225 cm³/mol. The van der Waals surface area contributed by atoms with Crippen LogP contribution in [-0.4, -0.2) is 114 Å². The Balaban J connectivity index is 0.829. The molecule has 1 aliphatic carbocycles. The number of nitrogens with zero attached hydrogens (tertiary/aromatic N) is 8. The number of piperazine rings is 1. The van der Waals surface area contributed by atoms with Crippen LogP contribution in [0.1, 0.15) is 52.1 Å². The fraction of sp³-hybridized carbons (Fsp3) is 0.395. The van der Waals surface area contributed by atoms with Crippen LogP contribution >= 0.6 is 0 Å². The highest BCUT2D eigenvalue weighted by atomic mass is 16.3. The number of rotatable bonds is 13. The van der Waals surface area contributed by atoms with Gasteiger partial charge in [-0.05, 0) is 83.1 Å². The summed E-state index contributed by atoms with van der Waals surface area (Å²) in [4.78, 5) is 83.6. The second-order valence-electron chi connectivity index (χ2n) is 16.4. The average molecular weight is 816 g/mol. The number of anilines is 3. The number of pyridine rings is 1. The van der Waals surface area contributed by atoms with Crippen LogP contribution in [0.5, 0.6) is 0 Å². The number of allylic oxidation sites excluding steroid dienone is 1. The topological polar surface area (TPSA) is 200 Å². The molecule has 6 heterocycles. The summed E-state index contributed by atoms with van der Waals surface area (Å²) in [5, 5.41) is 20.0. The van der Waals surface area contributed by atoms with E-state index in [-0.39, 0.29) is 24.9 Å². The molecular weight excluding hydrogens is 767 g/mol. The second-order valence-corrected chi connectivity index (χ2v) is 16.4. The second kappa shape index (κ2) is 16.0. The fourth-order valence-electron chi connectivity index (χ4n) is 8.26. The molecule has 0 radical (unpaired) electrons. The van der Waals surface area contributed by atoms with Crippen LogP contribution in [0.25, 0.3) is 16.9 Å². The zero-order valence-corrected chi connectivity index (χ0v) is 34.0. The van der Waals surface area contributed by atoms with Crippen LogP contribution < -0.4 is 26.4 Å². The first kappa shape index (κ1) is 40.5. The first-order valence-corrected chi connectivity index (χ1v) is 20.3. The standard InChI is InChI=1S/C43H49N11O6/c1-5-19-52-38(57)31-26-44-41(49-36(31)54(52)34-9-6-8-33(47-34)42(2,3)60)46-27-10-12-28(13-11-27)51-23-21-50(22-24-51)20-7-18-45-43(4)17-16-29-30(25-43)40(59)53(39(29)58)32-14-15-35(55)48-37(32)56/h5-6,8-13,16-17,26,32,45,60H,1,7,14-15,18-25H2,2-4H3,(H,44,46,49)(H,48,55,56). The molecule has 312 valence electrons. The number of benzene rings is 1. The van der Waals surface area contributed by atoms with Crippen molar-refractivity contribution >= 4 is 52.0 Å². The Hall–Kier alpha value is -6.30. The van der Waals surface area contributed by atoms with Crippen molar-refractivity contribution in [2.45, 2.75) is 70.2 Å². The van der Waals surface area contributed by atoms with Gasteiger partial charge in [0.15, 0.2) is 11.5 Å². The molecule has 3 aliphatic heterocycles. The number of hydrogen-bond acceptors (Lipinski definition) is 13. The molecule has 4 aromatic rings.